The minimum absolute atomic E-state index is 0.255. The normalized spacial score (nSPS) is 11.6. The minimum atomic E-state index is -3.48. The van der Waals surface area contributed by atoms with Crippen LogP contribution in [0.1, 0.15) is 19.4 Å². The summed E-state index contributed by atoms with van der Waals surface area (Å²) < 4.78 is 26.5. The molecule has 0 spiro atoms. The van der Waals surface area contributed by atoms with E-state index in [9.17, 15) is 13.2 Å². The number of hydrogen-bond acceptors (Lipinski definition) is 3. The maximum absolute atomic E-state index is 12.5. The number of rotatable bonds is 7. The number of nitrogens with zero attached hydrogens (tertiary/aromatic N) is 1. The molecule has 0 aliphatic rings. The van der Waals surface area contributed by atoms with Gasteiger partial charge in [0, 0.05) is 25.0 Å². The highest BCUT2D eigenvalue weighted by Crippen LogP contribution is 2.22. The van der Waals surface area contributed by atoms with Crippen LogP contribution in [-0.2, 0) is 16.6 Å². The largest absolute Gasteiger partial charge is 0.334 e. The number of fused-ring (bicyclic) bond motifs is 1. The van der Waals surface area contributed by atoms with Gasteiger partial charge in [0.2, 0.25) is 10.0 Å². The molecule has 0 radical (unpaired) electrons. The van der Waals surface area contributed by atoms with Crippen LogP contribution in [0.3, 0.4) is 0 Å². The molecule has 0 aliphatic carbocycles. The van der Waals surface area contributed by atoms with E-state index in [0.29, 0.717) is 19.6 Å². The number of anilines is 1. The second-order valence-corrected chi connectivity index (χ2v) is 8.51. The maximum Gasteiger partial charge on any atom is 0.319 e. The van der Waals surface area contributed by atoms with Crippen LogP contribution in [0, 0.1) is 0 Å². The van der Waals surface area contributed by atoms with Gasteiger partial charge < -0.3 is 10.6 Å². The molecule has 6 nitrogen and oxygen atoms in total. The zero-order chi connectivity index (χ0) is 20.9. The molecule has 0 aromatic heterocycles. The van der Waals surface area contributed by atoms with E-state index in [-0.39, 0.29) is 10.9 Å². The summed E-state index contributed by atoms with van der Waals surface area (Å²) in [5.74, 6) is 0. The third-order valence-electron chi connectivity index (χ3n) is 4.76. The van der Waals surface area contributed by atoms with E-state index < -0.39 is 10.0 Å². The minimum Gasteiger partial charge on any atom is -0.334 e. The van der Waals surface area contributed by atoms with Gasteiger partial charge in [0.1, 0.15) is 0 Å². The zero-order valence-electron chi connectivity index (χ0n) is 16.6. The SMILES string of the molecule is CCN(CC)S(=O)(=O)c1ccc(CNC(=O)Nc2cccc3ccccc23)cc1. The molecule has 0 unspecified atom stereocenters. The molecule has 29 heavy (non-hydrogen) atoms. The van der Waals surface area contributed by atoms with E-state index in [0.717, 1.165) is 22.0 Å². The number of amides is 2. The van der Waals surface area contributed by atoms with Crippen molar-refractivity contribution >= 4 is 32.5 Å². The summed E-state index contributed by atoms with van der Waals surface area (Å²) >= 11 is 0. The van der Waals surface area contributed by atoms with E-state index in [4.69, 9.17) is 0 Å². The van der Waals surface area contributed by atoms with Crippen LogP contribution in [0.2, 0.25) is 0 Å². The van der Waals surface area contributed by atoms with Crippen LogP contribution in [0.5, 0.6) is 0 Å². The van der Waals surface area contributed by atoms with Crippen LogP contribution in [0.4, 0.5) is 10.5 Å². The predicted molar refractivity (Wildman–Crippen MR) is 116 cm³/mol. The molecule has 2 amide bonds. The average molecular weight is 412 g/mol. The molecule has 0 bridgehead atoms. The lowest BCUT2D eigenvalue weighted by atomic mass is 10.1. The molecule has 3 aromatic carbocycles. The second kappa shape index (κ2) is 9.07. The van der Waals surface area contributed by atoms with Gasteiger partial charge in [-0.05, 0) is 29.1 Å². The molecule has 0 heterocycles. The highest BCUT2D eigenvalue weighted by Gasteiger charge is 2.21. The summed E-state index contributed by atoms with van der Waals surface area (Å²) in [6.07, 6.45) is 0. The van der Waals surface area contributed by atoms with Crippen molar-refractivity contribution in [2.45, 2.75) is 25.3 Å². The molecule has 0 fully saturated rings. The van der Waals surface area contributed by atoms with Crippen molar-refractivity contribution in [3.63, 3.8) is 0 Å². The summed E-state index contributed by atoms with van der Waals surface area (Å²) in [5.41, 5.74) is 1.55. The van der Waals surface area contributed by atoms with Crippen LogP contribution in [-0.4, -0.2) is 31.8 Å². The first-order valence-corrected chi connectivity index (χ1v) is 11.0. The number of sulfonamides is 1. The summed E-state index contributed by atoms with van der Waals surface area (Å²) in [7, 11) is -3.48. The first kappa shape index (κ1) is 20.8. The van der Waals surface area contributed by atoms with Gasteiger partial charge in [-0.15, -0.1) is 0 Å². The van der Waals surface area contributed by atoms with Gasteiger partial charge in [-0.3, -0.25) is 0 Å². The molecule has 0 aliphatic heterocycles. The third-order valence-corrected chi connectivity index (χ3v) is 6.82. The number of carbonyl (C=O) groups excluding carboxylic acids is 1. The topological polar surface area (TPSA) is 78.5 Å². The molecule has 3 rings (SSSR count). The predicted octanol–water partition coefficient (Wildman–Crippen LogP) is 4.19. The van der Waals surface area contributed by atoms with Crippen molar-refractivity contribution in [2.24, 2.45) is 0 Å². The van der Waals surface area contributed by atoms with Gasteiger partial charge in [0.25, 0.3) is 0 Å². The van der Waals surface area contributed by atoms with Gasteiger partial charge in [0.05, 0.1) is 10.6 Å². The first-order chi connectivity index (χ1) is 14.0. The summed E-state index contributed by atoms with van der Waals surface area (Å²) in [4.78, 5) is 12.6. The van der Waals surface area contributed by atoms with Crippen LogP contribution in [0.25, 0.3) is 10.8 Å². The Morgan fingerprint density at radius 3 is 2.24 bits per heavy atom. The third kappa shape index (κ3) is 4.75. The Balaban J connectivity index is 1.63. The van der Waals surface area contributed by atoms with Crippen molar-refractivity contribution < 1.29 is 13.2 Å². The van der Waals surface area contributed by atoms with Crippen molar-refractivity contribution in [1.82, 2.24) is 9.62 Å². The van der Waals surface area contributed by atoms with E-state index in [1.807, 2.05) is 56.3 Å². The van der Waals surface area contributed by atoms with Gasteiger partial charge >= 0.3 is 6.03 Å². The second-order valence-electron chi connectivity index (χ2n) is 6.57. The van der Waals surface area contributed by atoms with E-state index in [1.54, 1.807) is 24.3 Å². The number of urea groups is 1. The van der Waals surface area contributed by atoms with Crippen molar-refractivity contribution in [2.75, 3.05) is 18.4 Å². The van der Waals surface area contributed by atoms with E-state index in [1.165, 1.54) is 4.31 Å². The number of benzene rings is 3. The highest BCUT2D eigenvalue weighted by atomic mass is 32.2. The molecule has 0 saturated heterocycles. The Morgan fingerprint density at radius 2 is 1.55 bits per heavy atom. The van der Waals surface area contributed by atoms with Gasteiger partial charge in [-0.2, -0.15) is 4.31 Å². The Hall–Kier alpha value is -2.90. The molecule has 2 N–H and O–H groups in total. The lowest BCUT2D eigenvalue weighted by Gasteiger charge is -2.18. The fourth-order valence-electron chi connectivity index (χ4n) is 3.18. The Labute approximate surface area is 171 Å². The number of nitrogens with one attached hydrogen (secondary N) is 2. The molecular weight excluding hydrogens is 386 g/mol. The smallest absolute Gasteiger partial charge is 0.319 e. The van der Waals surface area contributed by atoms with E-state index >= 15 is 0 Å². The Kier molecular flexibility index (Phi) is 6.51. The molecular formula is C22H25N3O3S. The molecule has 0 saturated carbocycles. The first-order valence-electron chi connectivity index (χ1n) is 9.57. The van der Waals surface area contributed by atoms with Crippen molar-refractivity contribution in [3.05, 3.63) is 72.3 Å². The number of carbonyl (C=O) groups is 1. The van der Waals surface area contributed by atoms with Crippen LogP contribution in [0.15, 0.2) is 71.6 Å². The van der Waals surface area contributed by atoms with E-state index in [2.05, 4.69) is 10.6 Å². The van der Waals surface area contributed by atoms with Crippen molar-refractivity contribution in [1.29, 1.82) is 0 Å². The Morgan fingerprint density at radius 1 is 0.897 bits per heavy atom. The average Bonchev–Trinajstić information content (AvgIpc) is 2.73. The highest BCUT2D eigenvalue weighted by molar-refractivity contribution is 7.89. The lowest BCUT2D eigenvalue weighted by molar-refractivity contribution is 0.252. The summed E-state index contributed by atoms with van der Waals surface area (Å²) in [5, 5.41) is 7.69. The summed E-state index contributed by atoms with van der Waals surface area (Å²) in [6.45, 7) is 4.77. The molecule has 0 atom stereocenters. The zero-order valence-corrected chi connectivity index (χ0v) is 17.4. The van der Waals surface area contributed by atoms with Crippen LogP contribution < -0.4 is 10.6 Å². The fourth-order valence-corrected chi connectivity index (χ4v) is 4.63. The molecule has 7 heteroatoms. The van der Waals surface area contributed by atoms with Gasteiger partial charge in [-0.1, -0.05) is 62.4 Å². The van der Waals surface area contributed by atoms with Crippen molar-refractivity contribution in [3.8, 4) is 0 Å². The molecule has 152 valence electrons. The van der Waals surface area contributed by atoms with Gasteiger partial charge in [0.15, 0.2) is 0 Å². The monoisotopic (exact) mass is 411 g/mol. The molecule has 3 aromatic rings. The number of hydrogen-bond donors (Lipinski definition) is 2. The van der Waals surface area contributed by atoms with Gasteiger partial charge in [-0.25, -0.2) is 13.2 Å². The van der Waals surface area contributed by atoms with Crippen LogP contribution >= 0.6 is 0 Å². The quantitative estimate of drug-likeness (QED) is 0.612. The summed E-state index contributed by atoms with van der Waals surface area (Å²) in [6, 6.07) is 19.8. The maximum atomic E-state index is 12.5. The lowest BCUT2D eigenvalue weighted by Crippen LogP contribution is -2.30. The fraction of sp³-hybridized carbons (Fsp3) is 0.227. The Bertz CT molecular complexity index is 1090. The standard InChI is InChI=1S/C22H25N3O3S/c1-3-25(4-2)29(27,28)19-14-12-17(13-15-19)16-23-22(26)24-21-11-7-9-18-8-5-6-10-20(18)21/h5-15H,3-4,16H2,1-2H3,(H2,23,24,26).